The summed E-state index contributed by atoms with van der Waals surface area (Å²) in [4.78, 5) is 25.7. The van der Waals surface area contributed by atoms with Crippen molar-refractivity contribution in [1.82, 2.24) is 24.7 Å². The highest BCUT2D eigenvalue weighted by Gasteiger charge is 2.11. The van der Waals surface area contributed by atoms with Crippen LogP contribution in [0.1, 0.15) is 0 Å². The van der Waals surface area contributed by atoms with Crippen LogP contribution in [0.25, 0.3) is 5.69 Å². The summed E-state index contributed by atoms with van der Waals surface area (Å²) in [5.74, 6) is 0.506. The molecule has 0 amide bonds. The fraction of sp³-hybridized carbons (Fsp3) is 0.133. The summed E-state index contributed by atoms with van der Waals surface area (Å²) in [5, 5.41) is 4.17. The van der Waals surface area contributed by atoms with Gasteiger partial charge in [-0.05, 0) is 23.7 Å². The van der Waals surface area contributed by atoms with E-state index in [1.165, 1.54) is 16.8 Å². The van der Waals surface area contributed by atoms with Gasteiger partial charge in [-0.2, -0.15) is 19.6 Å². The molecular formula is C15H13ClN6O2. The molecule has 3 rings (SSSR count). The van der Waals surface area contributed by atoms with Crippen LogP contribution in [-0.4, -0.2) is 38.8 Å². The molecule has 0 unspecified atom stereocenters. The van der Waals surface area contributed by atoms with E-state index in [0.29, 0.717) is 11.6 Å². The predicted molar refractivity (Wildman–Crippen MR) is 89.1 cm³/mol. The van der Waals surface area contributed by atoms with E-state index in [1.54, 1.807) is 31.1 Å². The van der Waals surface area contributed by atoms with Crippen LogP contribution in [0, 0.1) is 0 Å². The molecule has 0 N–H and O–H groups in total. The summed E-state index contributed by atoms with van der Waals surface area (Å²) in [6.45, 7) is 0. The average molecular weight is 345 g/mol. The Kier molecular flexibility index (Phi) is 4.39. The molecule has 122 valence electrons. The second-order valence-corrected chi connectivity index (χ2v) is 5.28. The zero-order valence-corrected chi connectivity index (χ0v) is 13.7. The Morgan fingerprint density at radius 3 is 2.50 bits per heavy atom. The highest BCUT2D eigenvalue weighted by atomic mass is 35.5. The Balaban J connectivity index is 1.96. The Morgan fingerprint density at radius 1 is 1.04 bits per heavy atom. The van der Waals surface area contributed by atoms with Crippen molar-refractivity contribution in [2.75, 3.05) is 19.0 Å². The van der Waals surface area contributed by atoms with E-state index >= 15 is 0 Å². The zero-order valence-electron chi connectivity index (χ0n) is 12.9. The van der Waals surface area contributed by atoms with Crippen molar-refractivity contribution in [2.24, 2.45) is 0 Å². The first-order valence-corrected chi connectivity index (χ1v) is 7.33. The molecule has 0 saturated carbocycles. The molecule has 0 aliphatic rings. The van der Waals surface area contributed by atoms with Gasteiger partial charge in [0.1, 0.15) is 0 Å². The molecule has 0 aliphatic carbocycles. The van der Waals surface area contributed by atoms with Crippen LogP contribution in [-0.2, 0) is 0 Å². The lowest BCUT2D eigenvalue weighted by molar-refractivity contribution is 0.411. The number of ether oxygens (including phenoxy) is 1. The molecule has 0 saturated heterocycles. The van der Waals surface area contributed by atoms with Crippen molar-refractivity contribution in [3.63, 3.8) is 0 Å². The molecule has 0 spiro atoms. The minimum atomic E-state index is -0.281. The normalized spacial score (nSPS) is 10.5. The van der Waals surface area contributed by atoms with Crippen molar-refractivity contribution in [2.45, 2.75) is 0 Å². The van der Waals surface area contributed by atoms with E-state index in [-0.39, 0.29) is 22.7 Å². The van der Waals surface area contributed by atoms with Crippen LogP contribution < -0.4 is 15.2 Å². The van der Waals surface area contributed by atoms with Gasteiger partial charge in [0.2, 0.25) is 17.1 Å². The van der Waals surface area contributed by atoms with Gasteiger partial charge in [-0.15, -0.1) is 5.10 Å². The van der Waals surface area contributed by atoms with Gasteiger partial charge in [0.15, 0.2) is 0 Å². The van der Waals surface area contributed by atoms with Crippen LogP contribution >= 0.6 is 11.6 Å². The van der Waals surface area contributed by atoms with Gasteiger partial charge in [0.05, 0.1) is 5.69 Å². The van der Waals surface area contributed by atoms with E-state index in [4.69, 9.17) is 16.3 Å². The van der Waals surface area contributed by atoms with E-state index < -0.39 is 0 Å². The van der Waals surface area contributed by atoms with Gasteiger partial charge < -0.3 is 9.64 Å². The largest absolute Gasteiger partial charge is 0.403 e. The third-order valence-corrected chi connectivity index (χ3v) is 3.12. The first kappa shape index (κ1) is 15.9. The Bertz CT molecular complexity index is 913. The van der Waals surface area contributed by atoms with E-state index in [9.17, 15) is 4.79 Å². The number of nitrogens with zero attached hydrogens (tertiary/aromatic N) is 6. The maximum atomic E-state index is 12.0. The summed E-state index contributed by atoms with van der Waals surface area (Å²) >= 11 is 5.87. The molecule has 0 aliphatic heterocycles. The van der Waals surface area contributed by atoms with Crippen LogP contribution in [0.4, 0.5) is 5.95 Å². The van der Waals surface area contributed by atoms with Crippen molar-refractivity contribution >= 4 is 17.5 Å². The lowest BCUT2D eigenvalue weighted by Gasteiger charge is -2.11. The number of hydrogen-bond donors (Lipinski definition) is 0. The van der Waals surface area contributed by atoms with Gasteiger partial charge in [0.25, 0.3) is 5.56 Å². The first-order chi connectivity index (χ1) is 11.5. The Morgan fingerprint density at radius 2 is 1.79 bits per heavy atom. The lowest BCUT2D eigenvalue weighted by atomic mass is 10.3. The van der Waals surface area contributed by atoms with Crippen LogP contribution in [0.3, 0.4) is 0 Å². The molecule has 1 aromatic carbocycles. The van der Waals surface area contributed by atoms with Crippen molar-refractivity contribution in [3.05, 3.63) is 58.1 Å². The Hall–Kier alpha value is -3.00. The topological polar surface area (TPSA) is 86.0 Å². The minimum absolute atomic E-state index is 0.0000749. The molecule has 0 radical (unpaired) electrons. The van der Waals surface area contributed by atoms with Crippen molar-refractivity contribution in [3.8, 4) is 17.6 Å². The SMILES string of the molecule is CN(C)c1nc(Cl)nc(Oc2ccc(=O)n(-c3ccccc3)n2)n1. The zero-order chi connectivity index (χ0) is 17.1. The van der Waals surface area contributed by atoms with Crippen molar-refractivity contribution < 1.29 is 4.74 Å². The fourth-order valence-electron chi connectivity index (χ4n) is 1.86. The van der Waals surface area contributed by atoms with E-state index in [0.717, 1.165) is 0 Å². The van der Waals surface area contributed by atoms with E-state index in [2.05, 4.69) is 20.1 Å². The number of aromatic nitrogens is 5. The van der Waals surface area contributed by atoms with Crippen LogP contribution in [0.15, 0.2) is 47.3 Å². The lowest BCUT2D eigenvalue weighted by Crippen LogP contribution is -2.20. The van der Waals surface area contributed by atoms with E-state index in [1.807, 2.05) is 18.2 Å². The minimum Gasteiger partial charge on any atom is -0.403 e. The van der Waals surface area contributed by atoms with Gasteiger partial charge in [-0.25, -0.2) is 0 Å². The first-order valence-electron chi connectivity index (χ1n) is 6.95. The van der Waals surface area contributed by atoms with Gasteiger partial charge >= 0.3 is 6.01 Å². The van der Waals surface area contributed by atoms with Crippen molar-refractivity contribution in [1.29, 1.82) is 0 Å². The van der Waals surface area contributed by atoms with Gasteiger partial charge in [-0.3, -0.25) is 4.79 Å². The maximum absolute atomic E-state index is 12.0. The highest BCUT2D eigenvalue weighted by Crippen LogP contribution is 2.18. The summed E-state index contributed by atoms with van der Waals surface area (Å²) < 4.78 is 6.75. The second-order valence-electron chi connectivity index (χ2n) is 4.94. The molecule has 0 fully saturated rings. The summed E-state index contributed by atoms with van der Waals surface area (Å²) in [6.07, 6.45) is 0. The molecule has 24 heavy (non-hydrogen) atoms. The molecule has 0 atom stereocenters. The molecular weight excluding hydrogens is 332 g/mol. The van der Waals surface area contributed by atoms with Gasteiger partial charge in [0, 0.05) is 26.2 Å². The smallest absolute Gasteiger partial charge is 0.329 e. The summed E-state index contributed by atoms with van der Waals surface area (Å²) in [5.41, 5.74) is 0.340. The highest BCUT2D eigenvalue weighted by molar-refractivity contribution is 6.28. The third kappa shape index (κ3) is 3.49. The number of para-hydroxylation sites is 1. The monoisotopic (exact) mass is 344 g/mol. The molecule has 9 heteroatoms. The number of rotatable bonds is 4. The number of hydrogen-bond acceptors (Lipinski definition) is 7. The summed E-state index contributed by atoms with van der Waals surface area (Å²) in [6, 6.07) is 11.8. The second kappa shape index (κ2) is 6.63. The van der Waals surface area contributed by atoms with Crippen LogP contribution in [0.5, 0.6) is 11.9 Å². The Labute approximate surface area is 142 Å². The fourth-order valence-corrected chi connectivity index (χ4v) is 2.01. The molecule has 8 nitrogen and oxygen atoms in total. The van der Waals surface area contributed by atoms with Gasteiger partial charge in [-0.1, -0.05) is 18.2 Å². The quantitative estimate of drug-likeness (QED) is 0.714. The van der Waals surface area contributed by atoms with Crippen LogP contribution in [0.2, 0.25) is 5.28 Å². The summed E-state index contributed by atoms with van der Waals surface area (Å²) in [7, 11) is 3.53. The number of anilines is 1. The average Bonchev–Trinajstić information content (AvgIpc) is 2.57. The number of benzene rings is 1. The molecule has 2 aromatic heterocycles. The molecule has 0 bridgehead atoms. The predicted octanol–water partition coefficient (Wildman–Crippen LogP) is 1.93. The molecule has 2 heterocycles. The standard InChI is InChI=1S/C15H13ClN6O2/c1-21(2)14-17-13(16)18-15(19-14)24-11-8-9-12(23)22(20-11)10-6-4-3-5-7-10/h3-9H,1-2H3. The molecule has 3 aromatic rings. The maximum Gasteiger partial charge on any atom is 0.329 e. The number of halogens is 1. The third-order valence-electron chi connectivity index (χ3n) is 2.95.